The summed E-state index contributed by atoms with van der Waals surface area (Å²) in [5, 5.41) is 0. The Morgan fingerprint density at radius 3 is 2.17 bits per heavy atom. The summed E-state index contributed by atoms with van der Waals surface area (Å²) in [5.74, 6) is 0. The fourth-order valence-corrected chi connectivity index (χ4v) is 2.98. The van der Waals surface area contributed by atoms with Crippen LogP contribution in [0.25, 0.3) is 0 Å². The largest absolute Gasteiger partial charge is 0.374 e. The van der Waals surface area contributed by atoms with Gasteiger partial charge in [-0.05, 0) is 19.8 Å². The third-order valence-corrected chi connectivity index (χ3v) is 4.10. The lowest BCUT2D eigenvalue weighted by atomic mass is 9.97. The van der Waals surface area contributed by atoms with Crippen LogP contribution in [-0.2, 0) is 4.74 Å². The van der Waals surface area contributed by atoms with Gasteiger partial charge in [0.2, 0.25) is 0 Å². The van der Waals surface area contributed by atoms with E-state index >= 15 is 0 Å². The second-order valence-electron chi connectivity index (χ2n) is 3.66. The summed E-state index contributed by atoms with van der Waals surface area (Å²) in [5.41, 5.74) is 0.242. The molecule has 0 N–H and O–H groups in total. The maximum Gasteiger partial charge on any atom is 0.0771 e. The lowest BCUT2D eigenvalue weighted by molar-refractivity contribution is -0.0292. The van der Waals surface area contributed by atoms with Crippen LogP contribution in [-0.4, -0.2) is 16.6 Å². The summed E-state index contributed by atoms with van der Waals surface area (Å²) in [4.78, 5) is 0. The first kappa shape index (κ1) is 10.8. The standard InChI is InChI=1S/C10H19IO/c1-2-12-10(9-11)7-5-3-4-6-8-10/h2-9H2,1H3. The van der Waals surface area contributed by atoms with Gasteiger partial charge in [-0.15, -0.1) is 0 Å². The van der Waals surface area contributed by atoms with Crippen molar-refractivity contribution in [2.45, 2.75) is 51.0 Å². The first-order chi connectivity index (χ1) is 5.83. The molecule has 0 bridgehead atoms. The molecule has 0 spiro atoms. The minimum absolute atomic E-state index is 0.242. The third kappa shape index (κ3) is 2.87. The van der Waals surface area contributed by atoms with Crippen LogP contribution < -0.4 is 0 Å². The van der Waals surface area contributed by atoms with Crippen LogP contribution in [0.3, 0.4) is 0 Å². The van der Waals surface area contributed by atoms with Crippen molar-refractivity contribution in [3.05, 3.63) is 0 Å². The van der Waals surface area contributed by atoms with E-state index in [4.69, 9.17) is 4.74 Å². The fraction of sp³-hybridized carbons (Fsp3) is 1.00. The highest BCUT2D eigenvalue weighted by Gasteiger charge is 2.29. The molecule has 0 aromatic carbocycles. The van der Waals surface area contributed by atoms with Gasteiger partial charge in [-0.2, -0.15) is 0 Å². The van der Waals surface area contributed by atoms with Gasteiger partial charge in [0.05, 0.1) is 5.60 Å². The Hall–Kier alpha value is 0.690. The Kier molecular flexibility index (Phi) is 4.87. The summed E-state index contributed by atoms with van der Waals surface area (Å²) in [6.07, 6.45) is 8.11. The van der Waals surface area contributed by atoms with Gasteiger partial charge in [-0.3, -0.25) is 0 Å². The van der Waals surface area contributed by atoms with Gasteiger partial charge in [-0.1, -0.05) is 48.3 Å². The Bertz CT molecular complexity index is 117. The van der Waals surface area contributed by atoms with Gasteiger partial charge in [0.15, 0.2) is 0 Å². The molecule has 0 aromatic heterocycles. The van der Waals surface area contributed by atoms with E-state index in [-0.39, 0.29) is 5.60 Å². The summed E-state index contributed by atoms with van der Waals surface area (Å²) in [6.45, 7) is 2.99. The van der Waals surface area contributed by atoms with Gasteiger partial charge < -0.3 is 4.74 Å². The highest BCUT2D eigenvalue weighted by atomic mass is 127. The molecule has 1 saturated carbocycles. The topological polar surface area (TPSA) is 9.23 Å². The van der Waals surface area contributed by atoms with Crippen LogP contribution >= 0.6 is 22.6 Å². The Balaban J connectivity index is 2.48. The van der Waals surface area contributed by atoms with Crippen LogP contribution in [0.5, 0.6) is 0 Å². The molecule has 12 heavy (non-hydrogen) atoms. The molecule has 0 aromatic rings. The van der Waals surface area contributed by atoms with Crippen LogP contribution in [0.15, 0.2) is 0 Å². The van der Waals surface area contributed by atoms with E-state index in [2.05, 4.69) is 29.5 Å². The number of rotatable bonds is 3. The van der Waals surface area contributed by atoms with Crippen molar-refractivity contribution in [1.29, 1.82) is 0 Å². The quantitative estimate of drug-likeness (QED) is 0.437. The van der Waals surface area contributed by atoms with Gasteiger partial charge >= 0.3 is 0 Å². The number of hydrogen-bond acceptors (Lipinski definition) is 1. The van der Waals surface area contributed by atoms with Crippen molar-refractivity contribution in [2.75, 3.05) is 11.0 Å². The van der Waals surface area contributed by atoms with E-state index in [0.29, 0.717) is 0 Å². The Morgan fingerprint density at radius 2 is 1.75 bits per heavy atom. The van der Waals surface area contributed by atoms with E-state index in [9.17, 15) is 0 Å². The predicted molar refractivity (Wildman–Crippen MR) is 60.9 cm³/mol. The van der Waals surface area contributed by atoms with E-state index in [0.717, 1.165) is 6.61 Å². The average Bonchev–Trinajstić information content (AvgIpc) is 2.32. The van der Waals surface area contributed by atoms with Crippen molar-refractivity contribution in [3.63, 3.8) is 0 Å². The average molecular weight is 282 g/mol. The second-order valence-corrected chi connectivity index (χ2v) is 4.43. The highest BCUT2D eigenvalue weighted by molar-refractivity contribution is 14.1. The van der Waals surface area contributed by atoms with Crippen molar-refractivity contribution >= 4 is 22.6 Å². The maximum absolute atomic E-state index is 5.89. The molecular weight excluding hydrogens is 263 g/mol. The molecular formula is C10H19IO. The summed E-state index contributed by atoms with van der Waals surface area (Å²) >= 11 is 2.48. The number of halogens is 1. The van der Waals surface area contributed by atoms with Gasteiger partial charge in [0.1, 0.15) is 0 Å². The molecule has 1 fully saturated rings. The SMILES string of the molecule is CCOC1(CI)CCCCCC1. The zero-order valence-corrected chi connectivity index (χ0v) is 10.1. The van der Waals surface area contributed by atoms with Crippen molar-refractivity contribution in [3.8, 4) is 0 Å². The van der Waals surface area contributed by atoms with Gasteiger partial charge in [-0.25, -0.2) is 0 Å². The summed E-state index contributed by atoms with van der Waals surface area (Å²) in [7, 11) is 0. The molecule has 2 heteroatoms. The monoisotopic (exact) mass is 282 g/mol. The van der Waals surface area contributed by atoms with E-state index in [1.807, 2.05) is 0 Å². The van der Waals surface area contributed by atoms with E-state index in [1.54, 1.807) is 0 Å². The van der Waals surface area contributed by atoms with Crippen LogP contribution in [0.4, 0.5) is 0 Å². The van der Waals surface area contributed by atoms with Crippen molar-refractivity contribution in [2.24, 2.45) is 0 Å². The highest BCUT2D eigenvalue weighted by Crippen LogP contribution is 2.32. The molecule has 72 valence electrons. The lowest BCUT2D eigenvalue weighted by Gasteiger charge is -2.30. The normalized spacial score (nSPS) is 23.5. The number of hydrogen-bond donors (Lipinski definition) is 0. The molecule has 0 heterocycles. The zero-order valence-electron chi connectivity index (χ0n) is 7.94. The van der Waals surface area contributed by atoms with Gasteiger partial charge in [0, 0.05) is 11.0 Å². The molecule has 0 aliphatic heterocycles. The number of ether oxygens (including phenoxy) is 1. The van der Waals surface area contributed by atoms with Crippen LogP contribution in [0.1, 0.15) is 45.4 Å². The Labute approximate surface area is 89.4 Å². The molecule has 0 atom stereocenters. The minimum atomic E-state index is 0.242. The van der Waals surface area contributed by atoms with Crippen molar-refractivity contribution in [1.82, 2.24) is 0 Å². The smallest absolute Gasteiger partial charge is 0.0771 e. The second kappa shape index (κ2) is 5.43. The van der Waals surface area contributed by atoms with Crippen LogP contribution in [0, 0.1) is 0 Å². The third-order valence-electron chi connectivity index (χ3n) is 2.71. The molecule has 0 amide bonds. The molecule has 1 nitrogen and oxygen atoms in total. The van der Waals surface area contributed by atoms with Gasteiger partial charge in [0.25, 0.3) is 0 Å². The lowest BCUT2D eigenvalue weighted by Crippen LogP contribution is -2.33. The Morgan fingerprint density at radius 1 is 1.17 bits per heavy atom. The predicted octanol–water partition coefficient (Wildman–Crippen LogP) is 3.55. The first-order valence-corrected chi connectivity index (χ1v) is 6.55. The summed E-state index contributed by atoms with van der Waals surface area (Å²) < 4.78 is 7.06. The molecule has 1 aliphatic carbocycles. The molecule has 0 saturated heterocycles. The first-order valence-electron chi connectivity index (χ1n) is 5.03. The summed E-state index contributed by atoms with van der Waals surface area (Å²) in [6, 6.07) is 0. The maximum atomic E-state index is 5.89. The van der Waals surface area contributed by atoms with Crippen LogP contribution in [0.2, 0.25) is 0 Å². The zero-order chi connectivity index (χ0) is 8.86. The number of alkyl halides is 1. The molecule has 0 unspecified atom stereocenters. The minimum Gasteiger partial charge on any atom is -0.374 e. The molecule has 1 aliphatic rings. The van der Waals surface area contributed by atoms with E-state index in [1.165, 1.54) is 43.0 Å². The van der Waals surface area contributed by atoms with E-state index < -0.39 is 0 Å². The fourth-order valence-electron chi connectivity index (χ4n) is 2.00. The molecule has 1 rings (SSSR count). The molecule has 0 radical (unpaired) electrons. The van der Waals surface area contributed by atoms with Crippen molar-refractivity contribution < 1.29 is 4.74 Å².